The van der Waals surface area contributed by atoms with Gasteiger partial charge in [-0.2, -0.15) is 0 Å². The number of amides is 2. The monoisotopic (exact) mass is 379 g/mol. The summed E-state index contributed by atoms with van der Waals surface area (Å²) in [5.41, 5.74) is 6.75. The molecule has 1 aromatic heterocycles. The molecular weight excluding hydrogens is 362 g/mol. The van der Waals surface area contributed by atoms with Crippen LogP contribution in [-0.2, 0) is 20.7 Å². The highest BCUT2D eigenvalue weighted by molar-refractivity contribution is 8.01. The zero-order valence-electron chi connectivity index (χ0n) is 13.5. The number of nitrogens with one attached hydrogen (secondary N) is 1. The number of aromatic nitrogens is 1. The maximum Gasteiger partial charge on any atom is 0.311 e. The van der Waals surface area contributed by atoms with Crippen molar-refractivity contribution < 1.29 is 19.1 Å². The Bertz CT molecular complexity index is 759. The van der Waals surface area contributed by atoms with E-state index in [9.17, 15) is 14.4 Å². The van der Waals surface area contributed by atoms with Gasteiger partial charge in [0.05, 0.1) is 24.5 Å². The van der Waals surface area contributed by atoms with Gasteiger partial charge in [-0.25, -0.2) is 4.98 Å². The Hall–Kier alpha value is -2.39. The lowest BCUT2D eigenvalue weighted by atomic mass is 10.2. The Morgan fingerprint density at radius 1 is 1.28 bits per heavy atom. The molecule has 0 saturated carbocycles. The molecule has 3 N–H and O–H groups in total. The van der Waals surface area contributed by atoms with Crippen LogP contribution in [0.3, 0.4) is 0 Å². The van der Waals surface area contributed by atoms with Crippen molar-refractivity contribution in [3.63, 3.8) is 0 Å². The van der Waals surface area contributed by atoms with Gasteiger partial charge in [-0.3, -0.25) is 14.4 Å². The van der Waals surface area contributed by atoms with Crippen LogP contribution in [0.25, 0.3) is 0 Å². The molecular formula is C16H17N3O4S2. The fraction of sp³-hybridized carbons (Fsp3) is 0.250. The molecule has 1 heterocycles. The molecule has 0 aliphatic carbocycles. The van der Waals surface area contributed by atoms with E-state index in [-0.39, 0.29) is 24.1 Å². The molecule has 7 nitrogen and oxygen atoms in total. The second-order valence-corrected chi connectivity index (χ2v) is 6.95. The van der Waals surface area contributed by atoms with Crippen molar-refractivity contribution in [2.75, 3.05) is 17.7 Å². The summed E-state index contributed by atoms with van der Waals surface area (Å²) < 4.78 is 5.58. The second kappa shape index (κ2) is 9.19. The maximum absolute atomic E-state index is 12.0. The normalized spacial score (nSPS) is 10.3. The molecule has 0 aliphatic rings. The van der Waals surface area contributed by atoms with Gasteiger partial charge >= 0.3 is 5.97 Å². The van der Waals surface area contributed by atoms with Gasteiger partial charge in [0.2, 0.25) is 11.8 Å². The first-order valence-corrected chi connectivity index (χ1v) is 9.27. The first kappa shape index (κ1) is 18.9. The van der Waals surface area contributed by atoms with Crippen molar-refractivity contribution >= 4 is 46.6 Å². The molecule has 25 heavy (non-hydrogen) atoms. The summed E-state index contributed by atoms with van der Waals surface area (Å²) in [6, 6.07) is 6.33. The third-order valence-corrected chi connectivity index (χ3v) is 5.01. The fourth-order valence-corrected chi connectivity index (χ4v) is 3.48. The van der Waals surface area contributed by atoms with E-state index in [1.54, 1.807) is 36.6 Å². The fourth-order valence-electron chi connectivity index (χ4n) is 1.84. The van der Waals surface area contributed by atoms with Crippen LogP contribution in [0.2, 0.25) is 0 Å². The molecule has 9 heteroatoms. The summed E-state index contributed by atoms with van der Waals surface area (Å²) in [7, 11) is 0. The predicted molar refractivity (Wildman–Crippen MR) is 96.8 cm³/mol. The van der Waals surface area contributed by atoms with E-state index in [0.29, 0.717) is 27.9 Å². The number of rotatable bonds is 8. The van der Waals surface area contributed by atoms with Crippen LogP contribution in [-0.4, -0.2) is 35.1 Å². The maximum atomic E-state index is 12.0. The van der Waals surface area contributed by atoms with E-state index in [1.165, 1.54) is 23.1 Å². The Morgan fingerprint density at radius 2 is 2.00 bits per heavy atom. The minimum atomic E-state index is -0.518. The summed E-state index contributed by atoms with van der Waals surface area (Å²) >= 11 is 2.66. The molecule has 0 atom stereocenters. The van der Waals surface area contributed by atoms with Crippen LogP contribution in [0.15, 0.2) is 34.0 Å². The van der Waals surface area contributed by atoms with Gasteiger partial charge in [0.25, 0.3) is 0 Å². The van der Waals surface area contributed by atoms with Gasteiger partial charge in [-0.1, -0.05) is 11.8 Å². The minimum absolute atomic E-state index is 0.128. The SMILES string of the molecule is CCOC(=O)Cc1csc(SCC(=O)Nc2ccc(C(N)=O)cc2)n1. The topological polar surface area (TPSA) is 111 Å². The molecule has 0 saturated heterocycles. The van der Waals surface area contributed by atoms with Crippen molar-refractivity contribution in [2.45, 2.75) is 17.7 Å². The van der Waals surface area contributed by atoms with E-state index < -0.39 is 5.91 Å². The van der Waals surface area contributed by atoms with Gasteiger partial charge in [0, 0.05) is 16.6 Å². The van der Waals surface area contributed by atoms with Crippen LogP contribution in [0.1, 0.15) is 23.0 Å². The van der Waals surface area contributed by atoms with Crippen molar-refractivity contribution in [3.05, 3.63) is 40.9 Å². The molecule has 0 aliphatic heterocycles. The third kappa shape index (κ3) is 6.20. The number of ether oxygens (including phenoxy) is 1. The Kier molecular flexibility index (Phi) is 6.96. The van der Waals surface area contributed by atoms with Crippen molar-refractivity contribution in [1.82, 2.24) is 4.98 Å². The summed E-state index contributed by atoms with van der Waals surface area (Å²) in [5.74, 6) is -0.847. The number of benzene rings is 1. The average Bonchev–Trinajstić information content (AvgIpc) is 3.01. The van der Waals surface area contributed by atoms with E-state index in [2.05, 4.69) is 10.3 Å². The number of carbonyl (C=O) groups is 3. The summed E-state index contributed by atoms with van der Waals surface area (Å²) in [5, 5.41) is 4.50. The first-order chi connectivity index (χ1) is 12.0. The second-order valence-electron chi connectivity index (χ2n) is 4.87. The lowest BCUT2D eigenvalue weighted by Gasteiger charge is -2.04. The Morgan fingerprint density at radius 3 is 2.64 bits per heavy atom. The van der Waals surface area contributed by atoms with E-state index >= 15 is 0 Å². The molecule has 0 bridgehead atoms. The first-order valence-electron chi connectivity index (χ1n) is 7.40. The van der Waals surface area contributed by atoms with Crippen LogP contribution < -0.4 is 11.1 Å². The molecule has 0 radical (unpaired) electrons. The van der Waals surface area contributed by atoms with E-state index in [0.717, 1.165) is 0 Å². The van der Waals surface area contributed by atoms with Crippen molar-refractivity contribution in [3.8, 4) is 0 Å². The molecule has 1 aromatic carbocycles. The number of nitrogens with zero attached hydrogens (tertiary/aromatic N) is 1. The van der Waals surface area contributed by atoms with Gasteiger partial charge in [-0.05, 0) is 31.2 Å². The largest absolute Gasteiger partial charge is 0.466 e. The number of hydrogen-bond donors (Lipinski definition) is 2. The molecule has 2 aromatic rings. The standard InChI is InChI=1S/C16H17N3O4S2/c1-2-23-14(21)7-12-8-24-16(19-12)25-9-13(20)18-11-5-3-10(4-6-11)15(17)22/h3-6,8H,2,7,9H2,1H3,(H2,17,22)(H,18,20). The quantitative estimate of drug-likeness (QED) is 0.536. The molecule has 2 rings (SSSR count). The average molecular weight is 379 g/mol. The lowest BCUT2D eigenvalue weighted by molar-refractivity contribution is -0.142. The van der Waals surface area contributed by atoms with Crippen LogP contribution in [0.5, 0.6) is 0 Å². The van der Waals surface area contributed by atoms with Gasteiger partial charge in [-0.15, -0.1) is 11.3 Å². The molecule has 0 fully saturated rings. The number of thiazole rings is 1. The summed E-state index contributed by atoms with van der Waals surface area (Å²) in [6.07, 6.45) is 0.128. The summed E-state index contributed by atoms with van der Waals surface area (Å²) in [4.78, 5) is 38.6. The van der Waals surface area contributed by atoms with E-state index in [4.69, 9.17) is 10.5 Å². The van der Waals surface area contributed by atoms with Gasteiger partial charge < -0.3 is 15.8 Å². The van der Waals surface area contributed by atoms with Crippen LogP contribution in [0, 0.1) is 0 Å². The Balaban J connectivity index is 1.80. The lowest BCUT2D eigenvalue weighted by Crippen LogP contribution is -2.15. The molecule has 132 valence electrons. The molecule has 0 unspecified atom stereocenters. The van der Waals surface area contributed by atoms with Crippen LogP contribution in [0.4, 0.5) is 5.69 Å². The highest BCUT2D eigenvalue weighted by Crippen LogP contribution is 2.23. The van der Waals surface area contributed by atoms with Crippen molar-refractivity contribution in [2.24, 2.45) is 5.73 Å². The van der Waals surface area contributed by atoms with Crippen LogP contribution >= 0.6 is 23.1 Å². The zero-order valence-corrected chi connectivity index (χ0v) is 15.1. The van der Waals surface area contributed by atoms with Gasteiger partial charge in [0.15, 0.2) is 4.34 Å². The number of carbonyl (C=O) groups excluding carboxylic acids is 3. The number of primary amides is 1. The summed E-state index contributed by atoms with van der Waals surface area (Å²) in [6.45, 7) is 2.09. The molecule has 2 amide bonds. The van der Waals surface area contributed by atoms with E-state index in [1.807, 2.05) is 0 Å². The molecule has 0 spiro atoms. The number of nitrogens with two attached hydrogens (primary N) is 1. The Labute approximate surface area is 153 Å². The number of anilines is 1. The zero-order chi connectivity index (χ0) is 18.2. The number of esters is 1. The smallest absolute Gasteiger partial charge is 0.311 e. The highest BCUT2D eigenvalue weighted by Gasteiger charge is 2.10. The van der Waals surface area contributed by atoms with Gasteiger partial charge in [0.1, 0.15) is 0 Å². The number of hydrogen-bond acceptors (Lipinski definition) is 7. The number of thioether (sulfide) groups is 1. The minimum Gasteiger partial charge on any atom is -0.466 e. The third-order valence-electron chi connectivity index (χ3n) is 2.94. The van der Waals surface area contributed by atoms with Crippen molar-refractivity contribution in [1.29, 1.82) is 0 Å². The predicted octanol–water partition coefficient (Wildman–Crippen LogP) is 2.08. The highest BCUT2D eigenvalue weighted by atomic mass is 32.2.